The van der Waals surface area contributed by atoms with E-state index in [-0.39, 0.29) is 17.6 Å². The topological polar surface area (TPSA) is 69.8 Å². The van der Waals surface area contributed by atoms with Crippen LogP contribution in [0.2, 0.25) is 0 Å². The number of piperazine rings is 1. The summed E-state index contributed by atoms with van der Waals surface area (Å²) in [6.45, 7) is 3.75. The molecule has 3 N–H and O–H groups in total. The monoisotopic (exact) mass is 277 g/mol. The molecule has 20 heavy (non-hydrogen) atoms. The number of carbonyl (C=O) groups excluding carboxylic acids is 1. The summed E-state index contributed by atoms with van der Waals surface area (Å²) < 4.78 is 0. The Morgan fingerprint density at radius 3 is 2.40 bits per heavy atom. The third-order valence-electron chi connectivity index (χ3n) is 3.87. The number of benzene rings is 1. The maximum Gasteiger partial charge on any atom is 0.227 e. The quantitative estimate of drug-likeness (QED) is 0.829. The largest absolute Gasteiger partial charge is 0.508 e. The number of nitrogens with zero attached hydrogens (tertiary/aromatic N) is 2. The minimum atomic E-state index is -0.178. The van der Waals surface area contributed by atoms with E-state index < -0.39 is 0 Å². The summed E-state index contributed by atoms with van der Waals surface area (Å²) in [5.74, 6) is 0.208. The number of phenolic OH excluding ortho intramolecular Hbond substituents is 1. The lowest BCUT2D eigenvalue weighted by Crippen LogP contribution is -2.50. The van der Waals surface area contributed by atoms with Crippen molar-refractivity contribution < 1.29 is 9.90 Å². The molecule has 0 radical (unpaired) electrons. The standard InChI is InChI=1S/C15H23N3O2/c1-17-6-8-18(9-7-17)15(20)13(11-16)10-12-2-4-14(19)5-3-12/h2-5,13,19H,6-11,16H2,1H3. The molecule has 110 valence electrons. The molecule has 0 saturated carbocycles. The zero-order chi connectivity index (χ0) is 14.5. The van der Waals surface area contributed by atoms with Crippen LogP contribution in [0.15, 0.2) is 24.3 Å². The Morgan fingerprint density at radius 1 is 1.25 bits per heavy atom. The highest BCUT2D eigenvalue weighted by molar-refractivity contribution is 5.79. The zero-order valence-corrected chi connectivity index (χ0v) is 12.0. The predicted octanol–water partition coefficient (Wildman–Crippen LogP) is 0.284. The van der Waals surface area contributed by atoms with Gasteiger partial charge in [-0.05, 0) is 31.2 Å². The van der Waals surface area contributed by atoms with Crippen LogP contribution in [0.5, 0.6) is 5.75 Å². The molecule has 1 amide bonds. The predicted molar refractivity (Wildman–Crippen MR) is 78.4 cm³/mol. The summed E-state index contributed by atoms with van der Waals surface area (Å²) in [6, 6.07) is 6.97. The highest BCUT2D eigenvalue weighted by Gasteiger charge is 2.25. The molecule has 1 atom stereocenters. The Kier molecular flexibility index (Phi) is 4.98. The third-order valence-corrected chi connectivity index (χ3v) is 3.87. The van der Waals surface area contributed by atoms with Gasteiger partial charge in [-0.1, -0.05) is 12.1 Å². The third kappa shape index (κ3) is 3.71. The van der Waals surface area contributed by atoms with Crippen molar-refractivity contribution in [1.82, 2.24) is 9.80 Å². The number of rotatable bonds is 4. The minimum absolute atomic E-state index is 0.147. The Bertz CT molecular complexity index is 439. The first-order valence-corrected chi connectivity index (χ1v) is 7.05. The molecule has 1 aromatic carbocycles. The first-order chi connectivity index (χ1) is 9.60. The molecular formula is C15H23N3O2. The maximum absolute atomic E-state index is 12.5. The fourth-order valence-electron chi connectivity index (χ4n) is 2.47. The molecule has 0 aromatic heterocycles. The number of hydrogen-bond donors (Lipinski definition) is 2. The second kappa shape index (κ2) is 6.72. The van der Waals surface area contributed by atoms with Crippen molar-refractivity contribution in [3.63, 3.8) is 0 Å². The molecule has 1 aromatic rings. The Hall–Kier alpha value is -1.59. The van der Waals surface area contributed by atoms with Crippen molar-refractivity contribution in [1.29, 1.82) is 0 Å². The molecule has 0 aliphatic carbocycles. The van der Waals surface area contributed by atoms with Crippen molar-refractivity contribution in [2.75, 3.05) is 39.8 Å². The van der Waals surface area contributed by atoms with E-state index in [1.54, 1.807) is 12.1 Å². The molecular weight excluding hydrogens is 254 g/mol. The van der Waals surface area contributed by atoms with E-state index in [9.17, 15) is 9.90 Å². The van der Waals surface area contributed by atoms with Crippen molar-refractivity contribution in [2.45, 2.75) is 6.42 Å². The summed E-state index contributed by atoms with van der Waals surface area (Å²) >= 11 is 0. The number of likely N-dealkylation sites (N-methyl/N-ethyl adjacent to an activating group) is 1. The Balaban J connectivity index is 1.97. The van der Waals surface area contributed by atoms with Gasteiger partial charge in [-0.3, -0.25) is 4.79 Å². The van der Waals surface area contributed by atoms with Gasteiger partial charge < -0.3 is 20.6 Å². The molecule has 1 aliphatic heterocycles. The van der Waals surface area contributed by atoms with Crippen LogP contribution in [0.4, 0.5) is 0 Å². The summed E-state index contributed by atoms with van der Waals surface area (Å²) in [7, 11) is 2.07. The second-order valence-corrected chi connectivity index (χ2v) is 5.43. The van der Waals surface area contributed by atoms with Gasteiger partial charge in [-0.2, -0.15) is 0 Å². The highest BCUT2D eigenvalue weighted by Crippen LogP contribution is 2.15. The van der Waals surface area contributed by atoms with Crippen LogP contribution in [0, 0.1) is 5.92 Å². The van der Waals surface area contributed by atoms with Crippen LogP contribution in [-0.2, 0) is 11.2 Å². The van der Waals surface area contributed by atoms with Crippen LogP contribution in [0.3, 0.4) is 0 Å². The van der Waals surface area contributed by atoms with Gasteiger partial charge in [-0.25, -0.2) is 0 Å². The molecule has 1 aliphatic rings. The Labute approximate surface area is 120 Å². The summed E-state index contributed by atoms with van der Waals surface area (Å²) in [5.41, 5.74) is 6.81. The fourth-order valence-corrected chi connectivity index (χ4v) is 2.47. The van der Waals surface area contributed by atoms with Crippen LogP contribution in [-0.4, -0.2) is 60.6 Å². The summed E-state index contributed by atoms with van der Waals surface area (Å²) in [4.78, 5) is 16.6. The fraction of sp³-hybridized carbons (Fsp3) is 0.533. The van der Waals surface area contributed by atoms with E-state index in [2.05, 4.69) is 11.9 Å². The van der Waals surface area contributed by atoms with Gasteiger partial charge in [0.05, 0.1) is 5.92 Å². The maximum atomic E-state index is 12.5. The number of phenols is 1. The van der Waals surface area contributed by atoms with Crippen LogP contribution in [0.1, 0.15) is 5.56 Å². The van der Waals surface area contributed by atoms with Gasteiger partial charge in [-0.15, -0.1) is 0 Å². The van der Waals surface area contributed by atoms with Crippen molar-refractivity contribution in [3.8, 4) is 5.75 Å². The number of amides is 1. The summed E-state index contributed by atoms with van der Waals surface area (Å²) in [6.07, 6.45) is 0.627. The molecule has 2 rings (SSSR count). The van der Waals surface area contributed by atoms with Gasteiger partial charge in [0.25, 0.3) is 0 Å². The lowest BCUT2D eigenvalue weighted by atomic mass is 9.97. The van der Waals surface area contributed by atoms with E-state index >= 15 is 0 Å². The van der Waals surface area contributed by atoms with Gasteiger partial charge >= 0.3 is 0 Å². The van der Waals surface area contributed by atoms with Gasteiger partial charge in [0.15, 0.2) is 0 Å². The van der Waals surface area contributed by atoms with Gasteiger partial charge in [0.2, 0.25) is 5.91 Å². The number of aromatic hydroxyl groups is 1. The molecule has 0 bridgehead atoms. The van der Waals surface area contributed by atoms with E-state index in [4.69, 9.17) is 5.73 Å². The highest BCUT2D eigenvalue weighted by atomic mass is 16.3. The smallest absolute Gasteiger partial charge is 0.227 e. The van der Waals surface area contributed by atoms with E-state index in [1.165, 1.54) is 0 Å². The second-order valence-electron chi connectivity index (χ2n) is 5.43. The van der Waals surface area contributed by atoms with Crippen LogP contribution >= 0.6 is 0 Å². The summed E-state index contributed by atoms with van der Waals surface area (Å²) in [5, 5.41) is 9.28. The molecule has 1 saturated heterocycles. The first kappa shape index (κ1) is 14.8. The van der Waals surface area contributed by atoms with Crippen molar-refractivity contribution >= 4 is 5.91 Å². The van der Waals surface area contributed by atoms with E-state index in [0.29, 0.717) is 13.0 Å². The first-order valence-electron chi connectivity index (χ1n) is 7.05. The van der Waals surface area contributed by atoms with Crippen LogP contribution in [0.25, 0.3) is 0 Å². The van der Waals surface area contributed by atoms with E-state index in [0.717, 1.165) is 31.7 Å². The van der Waals surface area contributed by atoms with Gasteiger partial charge in [0.1, 0.15) is 5.75 Å². The molecule has 1 fully saturated rings. The molecule has 1 unspecified atom stereocenters. The average molecular weight is 277 g/mol. The minimum Gasteiger partial charge on any atom is -0.508 e. The molecule has 0 spiro atoms. The normalized spacial score (nSPS) is 18.0. The van der Waals surface area contributed by atoms with Crippen molar-refractivity contribution in [2.24, 2.45) is 11.7 Å². The lowest BCUT2D eigenvalue weighted by Gasteiger charge is -2.34. The number of nitrogens with two attached hydrogens (primary N) is 1. The van der Waals surface area contributed by atoms with Crippen LogP contribution < -0.4 is 5.73 Å². The lowest BCUT2D eigenvalue weighted by molar-refractivity contribution is -0.136. The number of carbonyl (C=O) groups is 1. The van der Waals surface area contributed by atoms with Gasteiger partial charge in [0, 0.05) is 32.7 Å². The zero-order valence-electron chi connectivity index (χ0n) is 12.0. The number of hydrogen-bond acceptors (Lipinski definition) is 4. The Morgan fingerprint density at radius 2 is 1.85 bits per heavy atom. The van der Waals surface area contributed by atoms with E-state index in [1.807, 2.05) is 17.0 Å². The molecule has 5 nitrogen and oxygen atoms in total. The molecule has 5 heteroatoms. The van der Waals surface area contributed by atoms with Crippen molar-refractivity contribution in [3.05, 3.63) is 29.8 Å². The average Bonchev–Trinajstić information content (AvgIpc) is 2.47. The SMILES string of the molecule is CN1CCN(C(=O)C(CN)Cc2ccc(O)cc2)CC1. The molecule has 1 heterocycles.